The van der Waals surface area contributed by atoms with Crippen molar-refractivity contribution in [3.8, 4) is 0 Å². The van der Waals surface area contributed by atoms with Gasteiger partial charge < -0.3 is 15.3 Å². The van der Waals surface area contributed by atoms with Crippen LogP contribution in [-0.4, -0.2) is 51.8 Å². The zero-order chi connectivity index (χ0) is 34.4. The first-order chi connectivity index (χ1) is 21.2. The largest absolute Gasteiger partial charge is 0.481 e. The molecule has 0 saturated heterocycles. The number of hydrogen-bond donors (Lipinski definition) is 2. The van der Waals surface area contributed by atoms with Crippen LogP contribution in [0.4, 0.5) is 32.0 Å². The highest BCUT2D eigenvalue weighted by Gasteiger charge is 2.38. The van der Waals surface area contributed by atoms with Crippen LogP contribution >= 0.6 is 0 Å². The number of carboxylic acids is 1. The molecule has 0 atom stereocenters. The molecule has 0 aliphatic heterocycles. The number of nitrogens with one attached hydrogen (secondary N) is 1. The fraction of sp³-hybridized carbons (Fsp3) is 0.516. The number of halogens is 6. The fourth-order valence-electron chi connectivity index (χ4n) is 5.49. The number of aliphatic imine (C=N–C) groups is 1. The van der Waals surface area contributed by atoms with Crippen molar-refractivity contribution in [2.75, 3.05) is 13.1 Å². The maximum absolute atomic E-state index is 13.6. The van der Waals surface area contributed by atoms with Gasteiger partial charge in [0.05, 0.1) is 23.2 Å². The summed E-state index contributed by atoms with van der Waals surface area (Å²) < 4.78 is 81.3. The molecule has 0 spiro atoms. The first kappa shape index (κ1) is 36.3. The van der Waals surface area contributed by atoms with Crippen LogP contribution in [-0.2, 0) is 23.7 Å². The van der Waals surface area contributed by atoms with Crippen LogP contribution in [0.15, 0.2) is 47.5 Å². The number of carboxylic acid groups (broad SMARTS) is 1. The lowest BCUT2D eigenvalue weighted by atomic mass is 9.71. The van der Waals surface area contributed by atoms with Crippen LogP contribution < -0.4 is 5.32 Å². The molecule has 15 heteroatoms. The summed E-state index contributed by atoms with van der Waals surface area (Å²) in [4.78, 5) is 39.8. The van der Waals surface area contributed by atoms with Gasteiger partial charge in [0.15, 0.2) is 5.84 Å². The minimum atomic E-state index is -5.12. The Morgan fingerprint density at radius 3 is 1.96 bits per heavy atom. The lowest BCUT2D eigenvalue weighted by Gasteiger charge is -2.41. The molecule has 252 valence electrons. The van der Waals surface area contributed by atoms with Gasteiger partial charge in [-0.3, -0.25) is 19.7 Å². The number of benzene rings is 2. The maximum Gasteiger partial charge on any atom is 0.416 e. The fourth-order valence-corrected chi connectivity index (χ4v) is 5.49. The van der Waals surface area contributed by atoms with Gasteiger partial charge >= 0.3 is 18.3 Å². The number of nitro groups is 1. The Bertz CT molecular complexity index is 1390. The second kappa shape index (κ2) is 14.5. The van der Waals surface area contributed by atoms with E-state index in [1.165, 1.54) is 12.1 Å². The molecule has 0 unspecified atom stereocenters. The average Bonchev–Trinajstić information content (AvgIpc) is 2.94. The normalized spacial score (nSPS) is 17.8. The molecule has 1 amide bonds. The van der Waals surface area contributed by atoms with E-state index in [2.05, 4.69) is 31.1 Å². The van der Waals surface area contributed by atoms with Crippen molar-refractivity contribution in [1.82, 2.24) is 10.2 Å². The Morgan fingerprint density at radius 1 is 0.957 bits per heavy atom. The number of alkyl halides is 6. The van der Waals surface area contributed by atoms with E-state index in [1.807, 2.05) is 0 Å². The Kier molecular flexibility index (Phi) is 11.4. The van der Waals surface area contributed by atoms with Crippen molar-refractivity contribution in [2.45, 2.75) is 77.8 Å². The zero-order valence-electron chi connectivity index (χ0n) is 25.5. The molecule has 9 nitrogen and oxygen atoms in total. The molecule has 2 N–H and O–H groups in total. The predicted molar refractivity (Wildman–Crippen MR) is 157 cm³/mol. The predicted octanol–water partition coefficient (Wildman–Crippen LogP) is 7.34. The second-order valence-corrected chi connectivity index (χ2v) is 12.4. The molecule has 3 rings (SSSR count). The topological polar surface area (TPSA) is 125 Å². The quantitative estimate of drug-likeness (QED) is 0.0905. The highest BCUT2D eigenvalue weighted by Crippen LogP contribution is 2.41. The molecule has 46 heavy (non-hydrogen) atoms. The molecular formula is C31H36F6N4O5. The van der Waals surface area contributed by atoms with Gasteiger partial charge in [0.2, 0.25) is 0 Å². The van der Waals surface area contributed by atoms with E-state index in [4.69, 9.17) is 5.11 Å². The van der Waals surface area contributed by atoms with E-state index >= 15 is 0 Å². The van der Waals surface area contributed by atoms with Gasteiger partial charge in [-0.05, 0) is 72.9 Å². The summed E-state index contributed by atoms with van der Waals surface area (Å²) in [5.74, 6) is -1.57. The summed E-state index contributed by atoms with van der Waals surface area (Å²) in [6, 6.07) is 6.54. The summed E-state index contributed by atoms with van der Waals surface area (Å²) in [7, 11) is 0. The second-order valence-electron chi connectivity index (χ2n) is 12.4. The number of amides is 1. The van der Waals surface area contributed by atoms with Crippen LogP contribution in [0, 0.1) is 21.4 Å². The summed E-state index contributed by atoms with van der Waals surface area (Å²) >= 11 is 0. The number of hydrogen-bond acceptors (Lipinski definition) is 5. The minimum Gasteiger partial charge on any atom is -0.481 e. The van der Waals surface area contributed by atoms with E-state index in [9.17, 15) is 46.0 Å². The highest BCUT2D eigenvalue weighted by molar-refractivity contribution is 5.94. The third kappa shape index (κ3) is 10.4. The van der Waals surface area contributed by atoms with Crippen LogP contribution in [0.3, 0.4) is 0 Å². The van der Waals surface area contributed by atoms with E-state index < -0.39 is 52.5 Å². The van der Waals surface area contributed by atoms with Crippen LogP contribution in [0.25, 0.3) is 0 Å². The molecule has 0 aromatic heterocycles. The lowest BCUT2D eigenvalue weighted by Crippen LogP contribution is -2.45. The Balaban J connectivity index is 2.04. The standard InChI is InChI=1S/C31H36F6N4O5/c1-29(2,3)21-8-10-25(11-9-21)40(17-19-4-6-20(7-5-19)28(44)38-13-12-27(42)43)26(18-41(45)46)39-24-15-22(30(32,33)34)14-23(16-24)31(35,36)37/h4-7,14-16,21,25H,8-13,17-18H2,1-3H3,(H,38,44)(H,42,43). The Hall–Kier alpha value is -4.17. The number of aliphatic carboxylic acids is 1. The van der Waals surface area contributed by atoms with Gasteiger partial charge in [0.1, 0.15) is 0 Å². The van der Waals surface area contributed by atoms with Crippen molar-refractivity contribution in [3.05, 3.63) is 74.8 Å². The average molecular weight is 659 g/mol. The smallest absolute Gasteiger partial charge is 0.416 e. The number of carbonyl (C=O) groups is 2. The molecule has 0 radical (unpaired) electrons. The monoisotopic (exact) mass is 658 g/mol. The SMILES string of the molecule is CC(C)(C)C1CCC(N(Cc2ccc(C(=O)NCCC(=O)O)cc2)C(C[N+](=O)[O-])=Nc2cc(C(F)(F)F)cc(C(F)(F)F)c2)CC1. The molecule has 0 heterocycles. The van der Waals surface area contributed by atoms with Crippen LogP contribution in [0.5, 0.6) is 0 Å². The van der Waals surface area contributed by atoms with Crippen molar-refractivity contribution in [1.29, 1.82) is 0 Å². The first-order valence-corrected chi connectivity index (χ1v) is 14.6. The van der Waals surface area contributed by atoms with Crippen LogP contribution in [0.2, 0.25) is 0 Å². The molecular weight excluding hydrogens is 622 g/mol. The summed E-state index contributed by atoms with van der Waals surface area (Å²) in [6.07, 6.45) is -7.92. The number of rotatable bonds is 10. The number of carbonyl (C=O) groups excluding carboxylic acids is 1. The maximum atomic E-state index is 13.6. The third-order valence-electron chi connectivity index (χ3n) is 7.99. The van der Waals surface area contributed by atoms with E-state index in [-0.39, 0.29) is 48.4 Å². The van der Waals surface area contributed by atoms with Crippen molar-refractivity contribution >= 4 is 23.4 Å². The van der Waals surface area contributed by atoms with Gasteiger partial charge in [0.25, 0.3) is 12.5 Å². The summed E-state index contributed by atoms with van der Waals surface area (Å²) in [5.41, 5.74) is -3.14. The minimum absolute atomic E-state index is 0.0134. The number of amidine groups is 1. The van der Waals surface area contributed by atoms with Crippen molar-refractivity contribution in [2.24, 2.45) is 16.3 Å². The summed E-state index contributed by atoms with van der Waals surface area (Å²) in [5, 5.41) is 23.0. The van der Waals surface area contributed by atoms with Gasteiger partial charge in [-0.25, -0.2) is 4.99 Å². The van der Waals surface area contributed by atoms with Crippen LogP contribution in [0.1, 0.15) is 79.9 Å². The zero-order valence-corrected chi connectivity index (χ0v) is 25.5. The van der Waals surface area contributed by atoms with Gasteiger partial charge in [-0.2, -0.15) is 26.3 Å². The Labute approximate surface area is 261 Å². The lowest BCUT2D eigenvalue weighted by molar-refractivity contribution is -0.464. The molecule has 1 aliphatic rings. The molecule has 2 aromatic rings. The van der Waals surface area contributed by atoms with E-state index in [1.54, 1.807) is 17.0 Å². The van der Waals surface area contributed by atoms with Gasteiger partial charge in [0, 0.05) is 29.6 Å². The van der Waals surface area contributed by atoms with Gasteiger partial charge in [-0.1, -0.05) is 32.9 Å². The van der Waals surface area contributed by atoms with E-state index in [0.29, 0.717) is 36.5 Å². The molecule has 1 aliphatic carbocycles. The van der Waals surface area contributed by atoms with Gasteiger partial charge in [-0.15, -0.1) is 0 Å². The first-order valence-electron chi connectivity index (χ1n) is 14.6. The third-order valence-corrected chi connectivity index (χ3v) is 7.99. The Morgan fingerprint density at radius 2 is 1.50 bits per heavy atom. The van der Waals surface area contributed by atoms with Crippen molar-refractivity contribution < 1.29 is 46.0 Å². The molecule has 2 aromatic carbocycles. The molecule has 1 fully saturated rings. The molecule has 1 saturated carbocycles. The van der Waals surface area contributed by atoms with E-state index in [0.717, 1.165) is 12.8 Å². The van der Waals surface area contributed by atoms with Crippen molar-refractivity contribution in [3.63, 3.8) is 0 Å². The summed E-state index contributed by atoms with van der Waals surface area (Å²) in [6.45, 7) is 5.22. The number of nitrogens with zero attached hydrogens (tertiary/aromatic N) is 3. The molecule has 0 bridgehead atoms. The highest BCUT2D eigenvalue weighted by atomic mass is 19.4.